The lowest BCUT2D eigenvalue weighted by atomic mass is 9.94. The molecule has 1 aromatic carbocycles. The van der Waals surface area contributed by atoms with E-state index < -0.39 is 55.3 Å². The highest BCUT2D eigenvalue weighted by Crippen LogP contribution is 2.29. The van der Waals surface area contributed by atoms with Crippen LogP contribution in [-0.2, 0) is 35.0 Å². The maximum Gasteiger partial charge on any atom is 0.332 e. The Morgan fingerprint density at radius 2 is 1.89 bits per heavy atom. The van der Waals surface area contributed by atoms with Crippen LogP contribution in [0, 0.1) is 5.92 Å². The number of ether oxygens (including phenoxy) is 5. The number of aromatic nitrogens is 1. The van der Waals surface area contributed by atoms with Gasteiger partial charge < -0.3 is 29.0 Å². The number of pyridine rings is 1. The molecule has 0 bridgehead atoms. The predicted molar refractivity (Wildman–Crippen MR) is 124 cm³/mol. The van der Waals surface area contributed by atoms with Crippen LogP contribution in [0.1, 0.15) is 36.3 Å². The Labute approximate surface area is 208 Å². The SMILES string of the molecule is COc1ccnc(C(=O)N[C@H]2COC(=O)[C@@H](Cc3ccccc3)C[C@H](C)OC2=O)c1OCOC(C)=O. The van der Waals surface area contributed by atoms with Crippen molar-refractivity contribution in [3.8, 4) is 11.5 Å². The van der Waals surface area contributed by atoms with Crippen molar-refractivity contribution >= 4 is 23.8 Å². The fourth-order valence-electron chi connectivity index (χ4n) is 3.63. The minimum Gasteiger partial charge on any atom is -0.493 e. The molecular weight excluding hydrogens is 472 g/mol. The third-order valence-electron chi connectivity index (χ3n) is 5.34. The summed E-state index contributed by atoms with van der Waals surface area (Å²) in [6.45, 7) is 1.97. The van der Waals surface area contributed by atoms with Crippen molar-refractivity contribution in [3.05, 3.63) is 53.9 Å². The number of esters is 3. The molecule has 1 amide bonds. The normalized spacial score (nSPS) is 20.0. The summed E-state index contributed by atoms with van der Waals surface area (Å²) in [5, 5.41) is 2.48. The summed E-state index contributed by atoms with van der Waals surface area (Å²) < 4.78 is 26.2. The molecule has 0 unspecified atom stereocenters. The first kappa shape index (κ1) is 26.5. The Balaban J connectivity index is 1.74. The quantitative estimate of drug-likeness (QED) is 0.324. The number of nitrogens with zero attached hydrogens (tertiary/aromatic N) is 1. The summed E-state index contributed by atoms with van der Waals surface area (Å²) in [6, 6.07) is 9.61. The van der Waals surface area contributed by atoms with Crippen LogP contribution in [0.3, 0.4) is 0 Å². The molecule has 3 rings (SSSR count). The largest absolute Gasteiger partial charge is 0.493 e. The summed E-state index contributed by atoms with van der Waals surface area (Å²) in [7, 11) is 1.36. The molecule has 1 aliphatic heterocycles. The standard InChI is InChI=1S/C25H28N2O9/c1-15-11-18(12-17-7-5-4-6-8-17)24(30)33-13-19(25(31)36-15)27-23(29)21-22(35-14-34-16(2)28)20(32-3)9-10-26-21/h4-10,15,18-19H,11-14H2,1-3H3,(H,27,29)/t15-,18+,19-/m0/s1. The molecule has 3 atom stereocenters. The highest BCUT2D eigenvalue weighted by molar-refractivity contribution is 5.98. The van der Waals surface area contributed by atoms with E-state index in [0.29, 0.717) is 6.42 Å². The molecule has 2 heterocycles. The number of amides is 1. The summed E-state index contributed by atoms with van der Waals surface area (Å²) in [5.41, 5.74) is 0.725. The van der Waals surface area contributed by atoms with Gasteiger partial charge in [-0.15, -0.1) is 0 Å². The molecule has 2 aromatic rings. The van der Waals surface area contributed by atoms with Crippen molar-refractivity contribution in [1.82, 2.24) is 10.3 Å². The van der Waals surface area contributed by atoms with E-state index in [2.05, 4.69) is 10.3 Å². The van der Waals surface area contributed by atoms with E-state index in [0.717, 1.165) is 5.56 Å². The average Bonchev–Trinajstić information content (AvgIpc) is 2.89. The first-order valence-corrected chi connectivity index (χ1v) is 11.3. The molecule has 11 heteroatoms. The van der Waals surface area contributed by atoms with Gasteiger partial charge in [0.15, 0.2) is 23.2 Å². The topological polar surface area (TPSA) is 139 Å². The Bertz CT molecular complexity index is 1090. The number of nitrogens with one attached hydrogen (secondary N) is 1. The lowest BCUT2D eigenvalue weighted by molar-refractivity contribution is -0.152. The first-order valence-electron chi connectivity index (χ1n) is 11.3. The van der Waals surface area contributed by atoms with Crippen LogP contribution in [0.25, 0.3) is 0 Å². The summed E-state index contributed by atoms with van der Waals surface area (Å²) >= 11 is 0. The lowest BCUT2D eigenvalue weighted by Crippen LogP contribution is -2.46. The van der Waals surface area contributed by atoms with Crippen LogP contribution in [0.5, 0.6) is 11.5 Å². The van der Waals surface area contributed by atoms with E-state index in [9.17, 15) is 19.2 Å². The summed E-state index contributed by atoms with van der Waals surface area (Å²) in [5.74, 6) is -3.10. The van der Waals surface area contributed by atoms with E-state index in [1.807, 2.05) is 30.3 Å². The van der Waals surface area contributed by atoms with Gasteiger partial charge in [0.1, 0.15) is 6.61 Å². The molecular formula is C25H28N2O9. The zero-order valence-electron chi connectivity index (χ0n) is 20.2. The highest BCUT2D eigenvalue weighted by Gasteiger charge is 2.33. The zero-order valence-corrected chi connectivity index (χ0v) is 20.2. The third kappa shape index (κ3) is 7.17. The molecule has 36 heavy (non-hydrogen) atoms. The van der Waals surface area contributed by atoms with E-state index in [4.69, 9.17) is 23.7 Å². The summed E-state index contributed by atoms with van der Waals surface area (Å²) in [4.78, 5) is 53.6. The molecule has 0 aliphatic carbocycles. The molecule has 1 aromatic heterocycles. The lowest BCUT2D eigenvalue weighted by Gasteiger charge is -2.19. The molecule has 0 spiro atoms. The molecule has 11 nitrogen and oxygen atoms in total. The number of carbonyl (C=O) groups excluding carboxylic acids is 4. The van der Waals surface area contributed by atoms with Crippen LogP contribution in [0.15, 0.2) is 42.6 Å². The van der Waals surface area contributed by atoms with Gasteiger partial charge >= 0.3 is 17.9 Å². The van der Waals surface area contributed by atoms with Gasteiger partial charge in [0.05, 0.1) is 19.1 Å². The maximum atomic E-state index is 13.0. The fourth-order valence-corrected chi connectivity index (χ4v) is 3.63. The fraction of sp³-hybridized carbons (Fsp3) is 0.400. The van der Waals surface area contributed by atoms with E-state index in [1.54, 1.807) is 6.92 Å². The second-order valence-electron chi connectivity index (χ2n) is 8.11. The number of hydrogen-bond acceptors (Lipinski definition) is 10. The van der Waals surface area contributed by atoms with Crippen molar-refractivity contribution in [1.29, 1.82) is 0 Å². The van der Waals surface area contributed by atoms with E-state index in [-0.39, 0.29) is 23.6 Å². The van der Waals surface area contributed by atoms with Crippen molar-refractivity contribution < 1.29 is 42.9 Å². The van der Waals surface area contributed by atoms with Crippen molar-refractivity contribution in [3.63, 3.8) is 0 Å². The molecule has 1 aliphatic rings. The number of cyclic esters (lactones) is 2. The summed E-state index contributed by atoms with van der Waals surface area (Å²) in [6.07, 6.45) is 1.42. The maximum absolute atomic E-state index is 13.0. The van der Waals surface area contributed by atoms with Gasteiger partial charge in [-0.1, -0.05) is 30.3 Å². The number of rotatable bonds is 8. The number of hydrogen-bond donors (Lipinski definition) is 1. The monoisotopic (exact) mass is 500 g/mol. The zero-order chi connectivity index (χ0) is 26.1. The Kier molecular flexibility index (Phi) is 9.20. The Hall–Kier alpha value is -4.15. The molecule has 1 fully saturated rings. The van der Waals surface area contributed by atoms with E-state index in [1.165, 1.54) is 26.3 Å². The van der Waals surface area contributed by atoms with Crippen molar-refractivity contribution in [2.45, 2.75) is 38.8 Å². The third-order valence-corrected chi connectivity index (χ3v) is 5.34. The van der Waals surface area contributed by atoms with E-state index >= 15 is 0 Å². The van der Waals surface area contributed by atoms with Crippen LogP contribution in [0.2, 0.25) is 0 Å². The molecule has 1 saturated heterocycles. The van der Waals surface area contributed by atoms with Gasteiger partial charge in [-0.2, -0.15) is 0 Å². The minimum atomic E-state index is -1.28. The average molecular weight is 501 g/mol. The van der Waals surface area contributed by atoms with Crippen molar-refractivity contribution in [2.24, 2.45) is 5.92 Å². The highest BCUT2D eigenvalue weighted by atomic mass is 16.7. The second-order valence-corrected chi connectivity index (χ2v) is 8.11. The van der Waals surface area contributed by atoms with Crippen LogP contribution < -0.4 is 14.8 Å². The molecule has 192 valence electrons. The van der Waals surface area contributed by atoms with Crippen LogP contribution in [0.4, 0.5) is 0 Å². The van der Waals surface area contributed by atoms with Crippen LogP contribution >= 0.6 is 0 Å². The molecule has 0 radical (unpaired) electrons. The van der Waals surface area contributed by atoms with Gasteiger partial charge in [-0.3, -0.25) is 14.4 Å². The van der Waals surface area contributed by atoms with Crippen LogP contribution in [-0.4, -0.2) is 61.5 Å². The Morgan fingerprint density at radius 3 is 2.58 bits per heavy atom. The van der Waals surface area contributed by atoms with Gasteiger partial charge in [0.2, 0.25) is 6.79 Å². The van der Waals surface area contributed by atoms with Gasteiger partial charge in [0, 0.05) is 19.2 Å². The minimum absolute atomic E-state index is 0.0940. The molecule has 1 N–H and O–H groups in total. The first-order chi connectivity index (χ1) is 17.3. The number of methoxy groups -OCH3 is 1. The number of carbonyl (C=O) groups is 4. The second kappa shape index (κ2) is 12.5. The van der Waals surface area contributed by atoms with Gasteiger partial charge in [-0.05, 0) is 25.3 Å². The predicted octanol–water partition coefficient (Wildman–Crippen LogP) is 1.83. The van der Waals surface area contributed by atoms with Gasteiger partial charge in [0.25, 0.3) is 5.91 Å². The smallest absolute Gasteiger partial charge is 0.332 e. The Morgan fingerprint density at radius 1 is 1.14 bits per heavy atom. The number of benzene rings is 1. The molecule has 0 saturated carbocycles. The van der Waals surface area contributed by atoms with Crippen molar-refractivity contribution in [2.75, 3.05) is 20.5 Å². The van der Waals surface area contributed by atoms with Gasteiger partial charge in [-0.25, -0.2) is 9.78 Å².